The number of sulfone groups is 1. The fourth-order valence-electron chi connectivity index (χ4n) is 2.68. The summed E-state index contributed by atoms with van der Waals surface area (Å²) in [4.78, 5) is 20.4. The molecule has 8 nitrogen and oxygen atoms in total. The van der Waals surface area contributed by atoms with Crippen molar-refractivity contribution in [2.24, 2.45) is 0 Å². The van der Waals surface area contributed by atoms with Crippen molar-refractivity contribution >= 4 is 21.4 Å². The lowest BCUT2D eigenvalue weighted by atomic mass is 10.1. The average Bonchev–Trinajstić information content (AvgIpc) is 2.74. The van der Waals surface area contributed by atoms with Crippen LogP contribution in [0, 0.1) is 18.3 Å². The molecule has 1 N–H and O–H groups in total. The van der Waals surface area contributed by atoms with E-state index in [0.717, 1.165) is 6.26 Å². The van der Waals surface area contributed by atoms with Crippen LogP contribution < -0.4 is 10.1 Å². The second-order valence-electron chi connectivity index (χ2n) is 6.82. The van der Waals surface area contributed by atoms with Gasteiger partial charge in [-0.2, -0.15) is 18.4 Å². The Morgan fingerprint density at radius 3 is 2.52 bits per heavy atom. The Morgan fingerprint density at radius 1 is 1.18 bits per heavy atom. The van der Waals surface area contributed by atoms with Crippen molar-refractivity contribution in [3.8, 4) is 17.7 Å². The molecule has 0 unspecified atom stereocenters. The molecule has 0 aliphatic heterocycles. The van der Waals surface area contributed by atoms with Gasteiger partial charge < -0.3 is 10.1 Å². The minimum Gasteiger partial charge on any atom is -0.436 e. The van der Waals surface area contributed by atoms with Gasteiger partial charge in [0.15, 0.2) is 15.6 Å². The number of aromatic nitrogens is 2. The van der Waals surface area contributed by atoms with Gasteiger partial charge in [0, 0.05) is 18.1 Å². The number of ether oxygens (including phenoxy) is 1. The zero-order chi connectivity index (χ0) is 24.4. The highest BCUT2D eigenvalue weighted by molar-refractivity contribution is 7.90. The van der Waals surface area contributed by atoms with Crippen LogP contribution in [0.2, 0.25) is 0 Å². The third kappa shape index (κ3) is 5.64. The third-order valence-electron chi connectivity index (χ3n) is 4.30. The van der Waals surface area contributed by atoms with Crippen LogP contribution in [0.3, 0.4) is 0 Å². The van der Waals surface area contributed by atoms with Crippen molar-refractivity contribution in [3.05, 3.63) is 71.2 Å². The summed E-state index contributed by atoms with van der Waals surface area (Å²) in [5.74, 6) is -1.36. The van der Waals surface area contributed by atoms with Crippen LogP contribution in [-0.4, -0.2) is 30.5 Å². The molecular formula is C21H15F3N4O4S. The fraction of sp³-hybridized carbons (Fsp3) is 0.143. The summed E-state index contributed by atoms with van der Waals surface area (Å²) in [6, 6.07) is 10.4. The van der Waals surface area contributed by atoms with Gasteiger partial charge in [-0.05, 0) is 43.3 Å². The summed E-state index contributed by atoms with van der Waals surface area (Å²) in [5, 5.41) is 11.3. The van der Waals surface area contributed by atoms with Crippen LogP contribution in [0.1, 0.15) is 27.3 Å². The van der Waals surface area contributed by atoms with Gasteiger partial charge in [0.2, 0.25) is 5.88 Å². The molecule has 1 aromatic carbocycles. The number of hydrogen-bond acceptors (Lipinski definition) is 7. The molecule has 3 aromatic rings. The summed E-state index contributed by atoms with van der Waals surface area (Å²) in [5.41, 5.74) is -1.33. The number of aryl methyl sites for hydroxylation is 1. The Kier molecular flexibility index (Phi) is 6.37. The molecule has 0 saturated carbocycles. The van der Waals surface area contributed by atoms with Gasteiger partial charge >= 0.3 is 6.18 Å². The number of carbonyl (C=O) groups is 1. The van der Waals surface area contributed by atoms with Gasteiger partial charge in [-0.3, -0.25) is 4.79 Å². The first-order chi connectivity index (χ1) is 15.4. The molecule has 0 atom stereocenters. The smallest absolute Gasteiger partial charge is 0.417 e. The molecule has 2 heterocycles. The minimum absolute atomic E-state index is 0.0440. The van der Waals surface area contributed by atoms with Gasteiger partial charge in [-0.15, -0.1) is 0 Å². The molecule has 3 rings (SSSR count). The van der Waals surface area contributed by atoms with E-state index < -0.39 is 38.9 Å². The molecule has 0 bridgehead atoms. The Balaban J connectivity index is 2.01. The van der Waals surface area contributed by atoms with Crippen LogP contribution in [0.5, 0.6) is 11.6 Å². The van der Waals surface area contributed by atoms with E-state index in [4.69, 9.17) is 10.00 Å². The second-order valence-corrected chi connectivity index (χ2v) is 8.84. The van der Waals surface area contributed by atoms with Gasteiger partial charge in [0.25, 0.3) is 5.91 Å². The van der Waals surface area contributed by atoms with E-state index in [1.54, 1.807) is 0 Å². The molecule has 1 amide bonds. The van der Waals surface area contributed by atoms with Crippen LogP contribution in [0.4, 0.5) is 18.9 Å². The van der Waals surface area contributed by atoms with Gasteiger partial charge in [-0.25, -0.2) is 18.4 Å². The van der Waals surface area contributed by atoms with E-state index in [-0.39, 0.29) is 27.7 Å². The molecule has 0 fully saturated rings. The SMILES string of the molecule is Cc1nc(C#N)ccc1Oc1ncc(C(F)(F)F)cc1C(=O)Nc1cccc(S(C)(=O)=O)c1. The highest BCUT2D eigenvalue weighted by Gasteiger charge is 2.33. The van der Waals surface area contributed by atoms with Gasteiger partial charge in [0.05, 0.1) is 16.2 Å². The predicted octanol–water partition coefficient (Wildman–Crippen LogP) is 4.12. The van der Waals surface area contributed by atoms with Gasteiger partial charge in [0.1, 0.15) is 17.3 Å². The molecule has 0 spiro atoms. The number of carbonyl (C=O) groups excluding carboxylic acids is 1. The van der Waals surface area contributed by atoms with Gasteiger partial charge in [-0.1, -0.05) is 6.07 Å². The Bertz CT molecular complexity index is 1380. The number of rotatable bonds is 5. The first kappa shape index (κ1) is 23.7. The molecule has 33 heavy (non-hydrogen) atoms. The maximum Gasteiger partial charge on any atom is 0.417 e. The maximum atomic E-state index is 13.2. The number of amides is 1. The largest absolute Gasteiger partial charge is 0.436 e. The van der Waals surface area contributed by atoms with Crippen molar-refractivity contribution in [2.75, 3.05) is 11.6 Å². The number of nitriles is 1. The molecule has 0 saturated heterocycles. The van der Waals surface area contributed by atoms with Crippen LogP contribution >= 0.6 is 0 Å². The summed E-state index contributed by atoms with van der Waals surface area (Å²) in [6.45, 7) is 1.51. The molecule has 170 valence electrons. The van der Waals surface area contributed by atoms with Crippen molar-refractivity contribution in [1.82, 2.24) is 9.97 Å². The van der Waals surface area contributed by atoms with Crippen LogP contribution in [-0.2, 0) is 16.0 Å². The molecule has 12 heteroatoms. The van der Waals surface area contributed by atoms with Crippen LogP contribution in [0.15, 0.2) is 53.6 Å². The van der Waals surface area contributed by atoms with Crippen molar-refractivity contribution < 1.29 is 31.1 Å². The quantitative estimate of drug-likeness (QED) is 0.588. The minimum atomic E-state index is -4.78. The number of nitrogens with zero attached hydrogens (tertiary/aromatic N) is 3. The highest BCUT2D eigenvalue weighted by Crippen LogP contribution is 2.33. The molecule has 0 aliphatic rings. The molecular weight excluding hydrogens is 461 g/mol. The number of pyridine rings is 2. The van der Waals surface area contributed by atoms with Crippen LogP contribution in [0.25, 0.3) is 0 Å². The fourth-order valence-corrected chi connectivity index (χ4v) is 3.34. The summed E-state index contributed by atoms with van der Waals surface area (Å²) in [7, 11) is -3.58. The lowest BCUT2D eigenvalue weighted by molar-refractivity contribution is -0.137. The van der Waals surface area contributed by atoms with E-state index in [0.29, 0.717) is 12.3 Å². The average molecular weight is 476 g/mol. The third-order valence-corrected chi connectivity index (χ3v) is 5.41. The second kappa shape index (κ2) is 8.87. The van der Waals surface area contributed by atoms with E-state index in [1.807, 2.05) is 6.07 Å². The predicted molar refractivity (Wildman–Crippen MR) is 111 cm³/mol. The van der Waals surface area contributed by atoms with E-state index in [2.05, 4.69) is 15.3 Å². The Hall–Kier alpha value is -3.98. The number of anilines is 1. The van der Waals surface area contributed by atoms with Crippen molar-refractivity contribution in [2.45, 2.75) is 18.0 Å². The van der Waals surface area contributed by atoms with E-state index in [1.165, 1.54) is 43.3 Å². The Morgan fingerprint density at radius 2 is 1.91 bits per heavy atom. The summed E-state index contributed by atoms with van der Waals surface area (Å²) < 4.78 is 68.7. The maximum absolute atomic E-state index is 13.2. The zero-order valence-electron chi connectivity index (χ0n) is 17.1. The summed E-state index contributed by atoms with van der Waals surface area (Å²) in [6.07, 6.45) is -3.28. The van der Waals surface area contributed by atoms with Crippen molar-refractivity contribution in [3.63, 3.8) is 0 Å². The summed E-state index contributed by atoms with van der Waals surface area (Å²) >= 11 is 0. The van der Waals surface area contributed by atoms with Crippen molar-refractivity contribution in [1.29, 1.82) is 5.26 Å². The number of halogens is 3. The first-order valence-corrected chi connectivity index (χ1v) is 11.0. The number of alkyl halides is 3. The monoisotopic (exact) mass is 476 g/mol. The highest BCUT2D eigenvalue weighted by atomic mass is 32.2. The Labute approximate surface area is 186 Å². The topological polar surface area (TPSA) is 122 Å². The number of nitrogens with one attached hydrogen (secondary N) is 1. The van der Waals surface area contributed by atoms with E-state index in [9.17, 15) is 26.4 Å². The normalized spacial score (nSPS) is 11.5. The standard InChI is InChI=1S/C21H15F3N4O4S/c1-12-18(7-6-15(10-25)27-12)32-20-17(8-13(11-26-20)21(22,23)24)19(29)28-14-4-3-5-16(9-14)33(2,30)31/h3-9,11H,1-2H3,(H,28,29). The molecule has 2 aromatic heterocycles. The molecule has 0 radical (unpaired) electrons. The first-order valence-electron chi connectivity index (χ1n) is 9.13. The molecule has 0 aliphatic carbocycles. The lowest BCUT2D eigenvalue weighted by Gasteiger charge is -2.14. The zero-order valence-corrected chi connectivity index (χ0v) is 18.0. The van der Waals surface area contributed by atoms with E-state index >= 15 is 0 Å². The number of benzene rings is 1. The lowest BCUT2D eigenvalue weighted by Crippen LogP contribution is -2.16. The number of hydrogen-bond donors (Lipinski definition) is 1.